The number of hydrazine groups is 1. The van der Waals surface area contributed by atoms with Crippen LogP contribution in [0.3, 0.4) is 0 Å². The van der Waals surface area contributed by atoms with Gasteiger partial charge in [0.05, 0.1) is 4.90 Å². The number of sulfonamides is 1. The number of halogens is 1. The Labute approximate surface area is 120 Å². The summed E-state index contributed by atoms with van der Waals surface area (Å²) in [4.78, 5) is 2.70. The van der Waals surface area contributed by atoms with Gasteiger partial charge in [-0.3, -0.25) is 0 Å². The lowest BCUT2D eigenvalue weighted by Crippen LogP contribution is -2.49. The first kappa shape index (κ1) is 15.4. The third kappa shape index (κ3) is 3.56. The highest BCUT2D eigenvalue weighted by Crippen LogP contribution is 2.21. The van der Waals surface area contributed by atoms with Crippen molar-refractivity contribution in [1.29, 1.82) is 0 Å². The third-order valence-corrected chi connectivity index (χ3v) is 4.93. The lowest BCUT2D eigenvalue weighted by molar-refractivity contribution is 0.120. The molecule has 1 aliphatic rings. The number of benzene rings is 1. The number of hydrogen-bond acceptors (Lipinski definition) is 3. The second kappa shape index (κ2) is 5.79. The molecule has 20 heavy (non-hydrogen) atoms. The Morgan fingerprint density at radius 2 is 1.85 bits per heavy atom. The highest BCUT2D eigenvalue weighted by Gasteiger charge is 2.26. The fourth-order valence-corrected chi connectivity index (χ4v) is 3.92. The summed E-state index contributed by atoms with van der Waals surface area (Å²) in [5, 5.41) is 1.74. The van der Waals surface area contributed by atoms with Gasteiger partial charge in [0, 0.05) is 13.1 Å². The van der Waals surface area contributed by atoms with E-state index in [-0.39, 0.29) is 4.90 Å². The van der Waals surface area contributed by atoms with Crippen molar-refractivity contribution in [2.24, 2.45) is 11.8 Å². The highest BCUT2D eigenvalue weighted by molar-refractivity contribution is 7.89. The molecule has 0 spiro atoms. The number of nitrogens with one attached hydrogen (secondary N) is 1. The maximum absolute atomic E-state index is 13.2. The summed E-state index contributed by atoms with van der Waals surface area (Å²) < 4.78 is 37.8. The van der Waals surface area contributed by atoms with Crippen molar-refractivity contribution < 1.29 is 12.8 Å². The average molecular weight is 300 g/mol. The molecule has 112 valence electrons. The van der Waals surface area contributed by atoms with Crippen LogP contribution in [0.4, 0.5) is 4.39 Å². The van der Waals surface area contributed by atoms with Crippen LogP contribution in [0, 0.1) is 24.6 Å². The minimum Gasteiger partial charge on any atom is -0.230 e. The normalized spacial score (nSPS) is 24.8. The standard InChI is InChI=1S/C14H21FN2O2S/c1-10-6-11(2)9-17(8-10)16-20(18,19)13-4-5-14(15)12(3)7-13/h4-5,7,10-11,16H,6,8-9H2,1-3H3. The van der Waals surface area contributed by atoms with Gasteiger partial charge in [-0.15, -0.1) is 4.83 Å². The number of rotatable bonds is 3. The third-order valence-electron chi connectivity index (χ3n) is 3.56. The van der Waals surface area contributed by atoms with E-state index in [0.29, 0.717) is 30.5 Å². The second-order valence-corrected chi connectivity index (χ2v) is 7.52. The largest absolute Gasteiger partial charge is 0.253 e. The lowest BCUT2D eigenvalue weighted by atomic mass is 9.93. The molecule has 0 radical (unpaired) electrons. The van der Waals surface area contributed by atoms with Crippen LogP contribution in [0.15, 0.2) is 23.1 Å². The van der Waals surface area contributed by atoms with Gasteiger partial charge in [-0.1, -0.05) is 13.8 Å². The van der Waals surface area contributed by atoms with Crippen LogP contribution in [0.1, 0.15) is 25.8 Å². The minimum absolute atomic E-state index is 0.0993. The van der Waals surface area contributed by atoms with Crippen LogP contribution >= 0.6 is 0 Å². The fourth-order valence-electron chi connectivity index (χ4n) is 2.74. The summed E-state index contributed by atoms with van der Waals surface area (Å²) in [5.74, 6) is 0.511. The number of aryl methyl sites for hydroxylation is 1. The van der Waals surface area contributed by atoms with Gasteiger partial charge in [-0.05, 0) is 48.9 Å². The molecular formula is C14H21FN2O2S. The first-order chi connectivity index (χ1) is 9.28. The molecular weight excluding hydrogens is 279 g/mol. The molecule has 1 aliphatic heterocycles. The van der Waals surface area contributed by atoms with Crippen molar-refractivity contribution in [3.8, 4) is 0 Å². The van der Waals surface area contributed by atoms with E-state index in [1.807, 2.05) is 0 Å². The molecule has 0 amide bonds. The Morgan fingerprint density at radius 1 is 1.25 bits per heavy atom. The average Bonchev–Trinajstić information content (AvgIpc) is 2.30. The molecule has 1 aromatic rings. The van der Waals surface area contributed by atoms with E-state index in [9.17, 15) is 12.8 Å². The van der Waals surface area contributed by atoms with Crippen molar-refractivity contribution in [3.63, 3.8) is 0 Å². The van der Waals surface area contributed by atoms with Gasteiger partial charge >= 0.3 is 0 Å². The highest BCUT2D eigenvalue weighted by atomic mass is 32.2. The Balaban J connectivity index is 2.16. The van der Waals surface area contributed by atoms with E-state index in [4.69, 9.17) is 0 Å². The van der Waals surface area contributed by atoms with Crippen LogP contribution in [0.2, 0.25) is 0 Å². The Hall–Kier alpha value is -0.980. The maximum Gasteiger partial charge on any atom is 0.253 e. The van der Waals surface area contributed by atoms with E-state index in [1.165, 1.54) is 18.2 Å². The molecule has 6 heteroatoms. The lowest BCUT2D eigenvalue weighted by Gasteiger charge is -2.34. The van der Waals surface area contributed by atoms with E-state index >= 15 is 0 Å². The van der Waals surface area contributed by atoms with Crippen LogP contribution in [-0.4, -0.2) is 26.5 Å². The Kier molecular flexibility index (Phi) is 4.46. The smallest absolute Gasteiger partial charge is 0.230 e. The topological polar surface area (TPSA) is 49.4 Å². The zero-order valence-electron chi connectivity index (χ0n) is 12.1. The van der Waals surface area contributed by atoms with E-state index in [1.54, 1.807) is 11.9 Å². The fraction of sp³-hybridized carbons (Fsp3) is 0.571. The number of nitrogens with zero attached hydrogens (tertiary/aromatic N) is 1. The van der Waals surface area contributed by atoms with Gasteiger partial charge in [0.2, 0.25) is 0 Å². The van der Waals surface area contributed by atoms with Crippen molar-refractivity contribution in [1.82, 2.24) is 9.84 Å². The van der Waals surface area contributed by atoms with Crippen LogP contribution < -0.4 is 4.83 Å². The zero-order chi connectivity index (χ0) is 14.9. The van der Waals surface area contributed by atoms with Gasteiger partial charge in [0.15, 0.2) is 0 Å². The predicted molar refractivity (Wildman–Crippen MR) is 76.0 cm³/mol. The molecule has 4 nitrogen and oxygen atoms in total. The molecule has 1 saturated heterocycles. The summed E-state index contributed by atoms with van der Waals surface area (Å²) in [7, 11) is -3.64. The molecule has 1 fully saturated rings. The molecule has 1 heterocycles. The zero-order valence-corrected chi connectivity index (χ0v) is 12.9. The molecule has 0 aromatic heterocycles. The summed E-state index contributed by atoms with van der Waals surface area (Å²) in [6, 6.07) is 3.83. The molecule has 1 N–H and O–H groups in total. The molecule has 1 aromatic carbocycles. The minimum atomic E-state index is -3.64. The molecule has 0 bridgehead atoms. The van der Waals surface area contributed by atoms with Crippen molar-refractivity contribution in [2.75, 3.05) is 13.1 Å². The maximum atomic E-state index is 13.2. The predicted octanol–water partition coefficient (Wildman–Crippen LogP) is 2.31. The van der Waals surface area contributed by atoms with E-state index in [2.05, 4.69) is 18.7 Å². The molecule has 2 unspecified atom stereocenters. The van der Waals surface area contributed by atoms with Crippen molar-refractivity contribution >= 4 is 10.0 Å². The molecule has 0 aliphatic carbocycles. The number of piperidine rings is 1. The van der Waals surface area contributed by atoms with Gasteiger partial charge in [0.1, 0.15) is 5.82 Å². The van der Waals surface area contributed by atoms with Crippen LogP contribution in [0.5, 0.6) is 0 Å². The summed E-state index contributed by atoms with van der Waals surface area (Å²) in [5.41, 5.74) is 0.327. The van der Waals surface area contributed by atoms with Gasteiger partial charge in [0.25, 0.3) is 10.0 Å². The second-order valence-electron chi connectivity index (χ2n) is 5.86. The van der Waals surface area contributed by atoms with Crippen molar-refractivity contribution in [3.05, 3.63) is 29.6 Å². The quantitative estimate of drug-likeness (QED) is 0.932. The van der Waals surface area contributed by atoms with Gasteiger partial charge < -0.3 is 0 Å². The first-order valence-corrected chi connectivity index (χ1v) is 8.30. The monoisotopic (exact) mass is 300 g/mol. The molecule has 2 atom stereocenters. The van der Waals surface area contributed by atoms with Crippen LogP contribution in [-0.2, 0) is 10.0 Å². The number of hydrogen-bond donors (Lipinski definition) is 1. The molecule has 0 saturated carbocycles. The van der Waals surface area contributed by atoms with Gasteiger partial charge in [-0.2, -0.15) is 0 Å². The summed E-state index contributed by atoms with van der Waals surface area (Å²) >= 11 is 0. The summed E-state index contributed by atoms with van der Waals surface area (Å²) in [6.45, 7) is 7.17. The van der Waals surface area contributed by atoms with Crippen LogP contribution in [0.25, 0.3) is 0 Å². The summed E-state index contributed by atoms with van der Waals surface area (Å²) in [6.07, 6.45) is 1.11. The first-order valence-electron chi connectivity index (χ1n) is 6.81. The van der Waals surface area contributed by atoms with Gasteiger partial charge in [-0.25, -0.2) is 17.8 Å². The SMILES string of the molecule is Cc1cc(S(=O)(=O)NN2CC(C)CC(C)C2)ccc1F. The van der Waals surface area contributed by atoms with Crippen molar-refractivity contribution in [2.45, 2.75) is 32.1 Å². The Morgan fingerprint density at radius 3 is 2.40 bits per heavy atom. The van der Waals surface area contributed by atoms with E-state index in [0.717, 1.165) is 6.42 Å². The molecule has 2 rings (SSSR count). The van der Waals surface area contributed by atoms with E-state index < -0.39 is 15.8 Å². The Bertz CT molecular complexity index is 579.